The first-order valence-corrected chi connectivity index (χ1v) is 9.50. The molecule has 29 heavy (non-hydrogen) atoms. The van der Waals surface area contributed by atoms with Crippen LogP contribution in [0.1, 0.15) is 33.2 Å². The summed E-state index contributed by atoms with van der Waals surface area (Å²) in [6.45, 7) is 3.28. The van der Waals surface area contributed by atoms with Crippen molar-refractivity contribution in [2.24, 2.45) is 0 Å². The Morgan fingerprint density at radius 1 is 1.14 bits per heavy atom. The van der Waals surface area contributed by atoms with E-state index in [1.807, 2.05) is 4.90 Å². The Kier molecular flexibility index (Phi) is 5.35. The smallest absolute Gasteiger partial charge is 0.373 e. The topological polar surface area (TPSA) is 78.8 Å². The maximum absolute atomic E-state index is 13.4. The number of halogens is 1. The minimum atomic E-state index is -0.498. The van der Waals surface area contributed by atoms with Crippen molar-refractivity contribution in [2.45, 2.75) is 13.0 Å². The molecule has 1 fully saturated rings. The third kappa shape index (κ3) is 4.17. The lowest BCUT2D eigenvalue weighted by atomic mass is 10.2. The van der Waals surface area contributed by atoms with Gasteiger partial charge in [-0.3, -0.25) is 9.69 Å². The third-order valence-electron chi connectivity index (χ3n) is 5.12. The van der Waals surface area contributed by atoms with Crippen molar-refractivity contribution in [3.8, 4) is 0 Å². The number of amides is 1. The molecule has 0 bridgehead atoms. The van der Waals surface area contributed by atoms with E-state index in [1.54, 1.807) is 24.3 Å². The van der Waals surface area contributed by atoms with Crippen LogP contribution >= 0.6 is 0 Å². The standard InChI is InChI=1S/C21H22FN3O4/c1-28-21(27)19-6-4-16(29-19)13-24-7-2-8-25(10-9-24)20(26)18-12-14-11-15(22)3-5-17(14)23-18/h3-6,11-12,23H,2,7-10,13H2,1H3. The minimum Gasteiger partial charge on any atom is -0.463 e. The highest BCUT2D eigenvalue weighted by atomic mass is 19.1. The number of furan rings is 1. The van der Waals surface area contributed by atoms with E-state index in [-0.39, 0.29) is 17.5 Å². The molecule has 1 aromatic carbocycles. The van der Waals surface area contributed by atoms with E-state index in [0.717, 1.165) is 18.5 Å². The van der Waals surface area contributed by atoms with Gasteiger partial charge >= 0.3 is 5.97 Å². The average Bonchev–Trinajstić information content (AvgIpc) is 3.28. The summed E-state index contributed by atoms with van der Waals surface area (Å²) in [6.07, 6.45) is 0.825. The lowest BCUT2D eigenvalue weighted by Crippen LogP contribution is -2.35. The summed E-state index contributed by atoms with van der Waals surface area (Å²) in [5, 5.41) is 0.684. The van der Waals surface area contributed by atoms with E-state index in [4.69, 9.17) is 4.42 Å². The summed E-state index contributed by atoms with van der Waals surface area (Å²) in [6, 6.07) is 9.49. The SMILES string of the molecule is COC(=O)c1ccc(CN2CCCN(C(=O)c3cc4cc(F)ccc4[nH]3)CC2)o1. The zero-order chi connectivity index (χ0) is 20.4. The molecular weight excluding hydrogens is 377 g/mol. The van der Waals surface area contributed by atoms with Crippen molar-refractivity contribution in [1.82, 2.24) is 14.8 Å². The summed E-state index contributed by atoms with van der Waals surface area (Å²) in [5.41, 5.74) is 1.21. The number of nitrogens with one attached hydrogen (secondary N) is 1. The Morgan fingerprint density at radius 2 is 2.00 bits per heavy atom. The molecule has 0 aliphatic carbocycles. The van der Waals surface area contributed by atoms with Crippen LogP contribution in [0.2, 0.25) is 0 Å². The van der Waals surface area contributed by atoms with Crippen molar-refractivity contribution < 1.29 is 23.1 Å². The number of hydrogen-bond donors (Lipinski definition) is 1. The van der Waals surface area contributed by atoms with Gasteiger partial charge in [0.15, 0.2) is 0 Å². The number of benzene rings is 1. The number of hydrogen-bond acceptors (Lipinski definition) is 5. The second-order valence-electron chi connectivity index (χ2n) is 7.09. The molecule has 3 aromatic rings. The zero-order valence-corrected chi connectivity index (χ0v) is 16.1. The van der Waals surface area contributed by atoms with Crippen LogP contribution in [0, 0.1) is 5.82 Å². The van der Waals surface area contributed by atoms with E-state index in [1.165, 1.54) is 19.2 Å². The molecule has 4 rings (SSSR count). The van der Waals surface area contributed by atoms with Gasteiger partial charge in [0.05, 0.1) is 13.7 Å². The van der Waals surface area contributed by atoms with E-state index >= 15 is 0 Å². The fourth-order valence-electron chi connectivity index (χ4n) is 3.61. The van der Waals surface area contributed by atoms with Crippen LogP contribution in [0.5, 0.6) is 0 Å². The number of rotatable bonds is 4. The van der Waals surface area contributed by atoms with E-state index in [0.29, 0.717) is 43.0 Å². The number of carbonyl (C=O) groups excluding carboxylic acids is 2. The quantitative estimate of drug-likeness (QED) is 0.683. The molecule has 0 atom stereocenters. The molecule has 1 amide bonds. The van der Waals surface area contributed by atoms with Gasteiger partial charge in [0.2, 0.25) is 5.76 Å². The van der Waals surface area contributed by atoms with Crippen LogP contribution < -0.4 is 0 Å². The molecule has 0 saturated carbocycles. The lowest BCUT2D eigenvalue weighted by Gasteiger charge is -2.21. The normalized spacial score (nSPS) is 15.4. The number of aromatic nitrogens is 1. The molecule has 7 nitrogen and oxygen atoms in total. The summed E-state index contributed by atoms with van der Waals surface area (Å²) in [7, 11) is 1.31. The Morgan fingerprint density at radius 3 is 2.83 bits per heavy atom. The molecule has 0 radical (unpaired) electrons. The first kappa shape index (κ1) is 19.2. The predicted octanol–water partition coefficient (Wildman–Crippen LogP) is 3.03. The van der Waals surface area contributed by atoms with Crippen LogP contribution in [-0.2, 0) is 11.3 Å². The van der Waals surface area contributed by atoms with Crippen LogP contribution in [0.4, 0.5) is 4.39 Å². The second-order valence-corrected chi connectivity index (χ2v) is 7.09. The summed E-state index contributed by atoms with van der Waals surface area (Å²) in [4.78, 5) is 31.5. The van der Waals surface area contributed by atoms with Gasteiger partial charge in [0, 0.05) is 37.1 Å². The van der Waals surface area contributed by atoms with Crippen LogP contribution in [0.15, 0.2) is 40.8 Å². The largest absolute Gasteiger partial charge is 0.463 e. The summed E-state index contributed by atoms with van der Waals surface area (Å²) < 4.78 is 23.6. The van der Waals surface area contributed by atoms with Crippen LogP contribution in [0.25, 0.3) is 10.9 Å². The number of nitrogens with zero attached hydrogens (tertiary/aromatic N) is 2. The monoisotopic (exact) mass is 399 g/mol. The fraction of sp³-hybridized carbons (Fsp3) is 0.333. The van der Waals surface area contributed by atoms with Gasteiger partial charge < -0.3 is 19.0 Å². The number of methoxy groups -OCH3 is 1. The molecule has 2 aromatic heterocycles. The molecule has 1 aliphatic heterocycles. The first-order chi connectivity index (χ1) is 14.0. The second kappa shape index (κ2) is 8.08. The average molecular weight is 399 g/mol. The fourth-order valence-corrected chi connectivity index (χ4v) is 3.61. The Balaban J connectivity index is 1.39. The van der Waals surface area contributed by atoms with Gasteiger partial charge in [-0.2, -0.15) is 0 Å². The van der Waals surface area contributed by atoms with Crippen molar-refractivity contribution in [3.63, 3.8) is 0 Å². The molecule has 0 spiro atoms. The number of esters is 1. The zero-order valence-electron chi connectivity index (χ0n) is 16.1. The summed E-state index contributed by atoms with van der Waals surface area (Å²) >= 11 is 0. The first-order valence-electron chi connectivity index (χ1n) is 9.50. The number of ether oxygens (including phenoxy) is 1. The number of fused-ring (bicyclic) bond motifs is 1. The molecule has 0 unspecified atom stereocenters. The highest BCUT2D eigenvalue weighted by molar-refractivity contribution is 5.98. The van der Waals surface area contributed by atoms with Crippen molar-refractivity contribution in [2.75, 3.05) is 33.3 Å². The minimum absolute atomic E-state index is 0.0885. The van der Waals surface area contributed by atoms with Gasteiger partial charge in [-0.25, -0.2) is 9.18 Å². The number of carbonyl (C=O) groups is 2. The van der Waals surface area contributed by atoms with Gasteiger partial charge in [0.25, 0.3) is 5.91 Å². The maximum Gasteiger partial charge on any atom is 0.373 e. The van der Waals surface area contributed by atoms with Gasteiger partial charge in [-0.15, -0.1) is 0 Å². The molecular formula is C21H22FN3O4. The maximum atomic E-state index is 13.4. The Bertz CT molecular complexity index is 1040. The van der Waals surface area contributed by atoms with Crippen molar-refractivity contribution >= 4 is 22.8 Å². The van der Waals surface area contributed by atoms with E-state index in [2.05, 4.69) is 14.6 Å². The van der Waals surface area contributed by atoms with Crippen molar-refractivity contribution in [1.29, 1.82) is 0 Å². The van der Waals surface area contributed by atoms with E-state index < -0.39 is 5.97 Å². The highest BCUT2D eigenvalue weighted by Crippen LogP contribution is 2.19. The van der Waals surface area contributed by atoms with Crippen molar-refractivity contribution in [3.05, 3.63) is 59.4 Å². The van der Waals surface area contributed by atoms with Gasteiger partial charge in [0.1, 0.15) is 17.3 Å². The molecule has 152 valence electrons. The summed E-state index contributed by atoms with van der Waals surface area (Å²) in [5.74, 6) is -0.0436. The van der Waals surface area contributed by atoms with Crippen LogP contribution in [-0.4, -0.2) is 59.9 Å². The predicted molar refractivity (Wildman–Crippen MR) is 104 cm³/mol. The van der Waals surface area contributed by atoms with Gasteiger partial charge in [-0.1, -0.05) is 0 Å². The lowest BCUT2D eigenvalue weighted by molar-refractivity contribution is 0.0560. The Labute approximate surface area is 167 Å². The Hall–Kier alpha value is -3.13. The highest BCUT2D eigenvalue weighted by Gasteiger charge is 2.22. The van der Waals surface area contributed by atoms with E-state index in [9.17, 15) is 14.0 Å². The van der Waals surface area contributed by atoms with Gasteiger partial charge in [-0.05, 0) is 42.8 Å². The molecule has 1 saturated heterocycles. The van der Waals surface area contributed by atoms with Crippen LogP contribution in [0.3, 0.4) is 0 Å². The molecule has 3 heterocycles. The number of H-pyrrole nitrogens is 1. The third-order valence-corrected chi connectivity index (χ3v) is 5.12. The molecule has 1 N–H and O–H groups in total. The molecule has 1 aliphatic rings. The molecule has 8 heteroatoms. The number of aromatic amines is 1.